The lowest BCUT2D eigenvalue weighted by Crippen LogP contribution is -2.46. The minimum Gasteiger partial charge on any atom is -0.354 e. The van der Waals surface area contributed by atoms with E-state index in [9.17, 15) is 0 Å². The van der Waals surface area contributed by atoms with Crippen molar-refractivity contribution in [3.63, 3.8) is 0 Å². The summed E-state index contributed by atoms with van der Waals surface area (Å²) in [6.07, 6.45) is 3.48. The van der Waals surface area contributed by atoms with Crippen LogP contribution >= 0.6 is 0 Å². The average Bonchev–Trinajstić information content (AvgIpc) is 3.01. The lowest BCUT2D eigenvalue weighted by Gasteiger charge is -2.35. The number of piperazine rings is 1. The van der Waals surface area contributed by atoms with Crippen LogP contribution in [0.3, 0.4) is 0 Å². The molecule has 0 amide bonds. The predicted molar refractivity (Wildman–Crippen MR) is 100 cm³/mol. The summed E-state index contributed by atoms with van der Waals surface area (Å²) in [5, 5.41) is 4.52. The van der Waals surface area contributed by atoms with Crippen LogP contribution in [0.2, 0.25) is 0 Å². The summed E-state index contributed by atoms with van der Waals surface area (Å²) in [5.41, 5.74) is 3.19. The van der Waals surface area contributed by atoms with Crippen molar-refractivity contribution in [2.45, 2.75) is 20.4 Å². The van der Waals surface area contributed by atoms with Crippen LogP contribution in [0.25, 0.3) is 5.82 Å². The minimum absolute atomic E-state index is 0.816. The van der Waals surface area contributed by atoms with Crippen LogP contribution in [0.1, 0.15) is 17.1 Å². The SMILES string of the molecule is Cc1cc(C)n(-c2cc(N3CCN(Cc4ccccn4)CC3)ncn2)n1. The van der Waals surface area contributed by atoms with E-state index in [0.29, 0.717) is 0 Å². The van der Waals surface area contributed by atoms with E-state index in [2.05, 4.69) is 42.0 Å². The first-order valence-corrected chi connectivity index (χ1v) is 8.92. The van der Waals surface area contributed by atoms with Gasteiger partial charge in [0.2, 0.25) is 0 Å². The number of aromatic nitrogens is 5. The molecule has 0 saturated carbocycles. The molecule has 4 rings (SSSR count). The zero-order valence-electron chi connectivity index (χ0n) is 15.2. The van der Waals surface area contributed by atoms with Crippen molar-refractivity contribution >= 4 is 5.82 Å². The van der Waals surface area contributed by atoms with Gasteiger partial charge in [0.1, 0.15) is 12.1 Å². The Hall–Kier alpha value is -2.80. The summed E-state index contributed by atoms with van der Waals surface area (Å²) in [6, 6.07) is 10.2. The van der Waals surface area contributed by atoms with Crippen molar-refractivity contribution in [1.82, 2.24) is 29.6 Å². The van der Waals surface area contributed by atoms with E-state index in [4.69, 9.17) is 0 Å². The molecule has 0 radical (unpaired) electrons. The van der Waals surface area contributed by atoms with Crippen LogP contribution in [0.5, 0.6) is 0 Å². The number of hydrogen-bond acceptors (Lipinski definition) is 6. The Balaban J connectivity index is 1.43. The third-order valence-electron chi connectivity index (χ3n) is 4.67. The molecule has 26 heavy (non-hydrogen) atoms. The summed E-state index contributed by atoms with van der Waals surface area (Å²) in [6.45, 7) is 8.81. The van der Waals surface area contributed by atoms with Crippen molar-refractivity contribution in [3.8, 4) is 5.82 Å². The van der Waals surface area contributed by atoms with E-state index < -0.39 is 0 Å². The van der Waals surface area contributed by atoms with Gasteiger partial charge in [0.15, 0.2) is 5.82 Å². The van der Waals surface area contributed by atoms with Crippen LogP contribution in [0.4, 0.5) is 5.82 Å². The number of anilines is 1. The third kappa shape index (κ3) is 3.57. The standard InChI is InChI=1S/C19H23N7/c1-15-11-16(2)26(23-15)19-12-18(21-14-22-19)25-9-7-24(8-10-25)13-17-5-3-4-6-20-17/h3-6,11-12,14H,7-10,13H2,1-2H3. The molecule has 134 valence electrons. The molecule has 0 aromatic carbocycles. The van der Waals surface area contributed by atoms with Gasteiger partial charge in [-0.1, -0.05) is 6.07 Å². The second-order valence-corrected chi connectivity index (χ2v) is 6.66. The highest BCUT2D eigenvalue weighted by molar-refractivity contribution is 5.44. The van der Waals surface area contributed by atoms with Gasteiger partial charge in [-0.15, -0.1) is 0 Å². The highest BCUT2D eigenvalue weighted by Gasteiger charge is 2.19. The largest absolute Gasteiger partial charge is 0.354 e. The molecule has 1 fully saturated rings. The summed E-state index contributed by atoms with van der Waals surface area (Å²) in [4.78, 5) is 18.0. The molecule has 0 atom stereocenters. The Morgan fingerprint density at radius 3 is 2.42 bits per heavy atom. The predicted octanol–water partition coefficient (Wildman–Crippen LogP) is 2.00. The molecule has 0 spiro atoms. The molecule has 0 N–H and O–H groups in total. The molecular formula is C19H23N7. The second-order valence-electron chi connectivity index (χ2n) is 6.66. The number of hydrogen-bond donors (Lipinski definition) is 0. The zero-order chi connectivity index (χ0) is 17.9. The molecule has 0 bridgehead atoms. The average molecular weight is 349 g/mol. The molecule has 0 aliphatic carbocycles. The summed E-state index contributed by atoms with van der Waals surface area (Å²) in [7, 11) is 0. The molecular weight excluding hydrogens is 326 g/mol. The van der Waals surface area contributed by atoms with E-state index in [-0.39, 0.29) is 0 Å². The molecule has 1 aliphatic rings. The van der Waals surface area contributed by atoms with Crippen LogP contribution in [0, 0.1) is 13.8 Å². The number of nitrogens with zero attached hydrogens (tertiary/aromatic N) is 7. The number of pyridine rings is 1. The van der Waals surface area contributed by atoms with Crippen LogP contribution in [0.15, 0.2) is 42.9 Å². The Morgan fingerprint density at radius 1 is 0.923 bits per heavy atom. The zero-order valence-corrected chi connectivity index (χ0v) is 15.2. The van der Waals surface area contributed by atoms with Gasteiger partial charge in [-0.25, -0.2) is 14.6 Å². The van der Waals surface area contributed by atoms with Gasteiger partial charge in [0, 0.05) is 50.7 Å². The fourth-order valence-electron chi connectivity index (χ4n) is 3.34. The van der Waals surface area contributed by atoms with E-state index in [0.717, 1.165) is 61.4 Å². The number of aryl methyl sites for hydroxylation is 2. The maximum atomic E-state index is 4.52. The first-order valence-electron chi connectivity index (χ1n) is 8.92. The van der Waals surface area contributed by atoms with E-state index in [1.165, 1.54) is 0 Å². The van der Waals surface area contributed by atoms with Gasteiger partial charge in [-0.05, 0) is 32.0 Å². The quantitative estimate of drug-likeness (QED) is 0.718. The molecule has 3 aromatic rings. The lowest BCUT2D eigenvalue weighted by molar-refractivity contribution is 0.246. The molecule has 1 aliphatic heterocycles. The maximum Gasteiger partial charge on any atom is 0.159 e. The monoisotopic (exact) mass is 349 g/mol. The summed E-state index contributed by atoms with van der Waals surface area (Å²) < 4.78 is 1.87. The van der Waals surface area contributed by atoms with Gasteiger partial charge >= 0.3 is 0 Å². The lowest BCUT2D eigenvalue weighted by atomic mass is 10.2. The van der Waals surface area contributed by atoms with Gasteiger partial charge in [0.05, 0.1) is 11.4 Å². The van der Waals surface area contributed by atoms with Gasteiger partial charge in [0.25, 0.3) is 0 Å². The third-order valence-corrected chi connectivity index (χ3v) is 4.67. The molecule has 7 heteroatoms. The fraction of sp³-hybridized carbons (Fsp3) is 0.368. The van der Waals surface area contributed by atoms with Gasteiger partial charge < -0.3 is 4.90 Å². The molecule has 0 unspecified atom stereocenters. The van der Waals surface area contributed by atoms with Crippen molar-refractivity contribution in [1.29, 1.82) is 0 Å². The first-order chi connectivity index (χ1) is 12.7. The minimum atomic E-state index is 0.816. The van der Waals surface area contributed by atoms with Crippen LogP contribution in [-0.2, 0) is 6.54 Å². The fourth-order valence-corrected chi connectivity index (χ4v) is 3.34. The molecule has 7 nitrogen and oxygen atoms in total. The molecule has 1 saturated heterocycles. The molecule has 3 aromatic heterocycles. The topological polar surface area (TPSA) is 63.0 Å². The van der Waals surface area contributed by atoms with Crippen LogP contribution < -0.4 is 4.90 Å². The normalized spacial score (nSPS) is 15.4. The van der Waals surface area contributed by atoms with Crippen molar-refractivity contribution in [2.75, 3.05) is 31.1 Å². The van der Waals surface area contributed by atoms with Crippen molar-refractivity contribution in [2.24, 2.45) is 0 Å². The van der Waals surface area contributed by atoms with Gasteiger partial charge in [-0.2, -0.15) is 5.10 Å². The van der Waals surface area contributed by atoms with E-state index in [1.807, 2.05) is 42.9 Å². The molecule has 4 heterocycles. The number of rotatable bonds is 4. The summed E-state index contributed by atoms with van der Waals surface area (Å²) >= 11 is 0. The summed E-state index contributed by atoms with van der Waals surface area (Å²) in [5.74, 6) is 1.77. The van der Waals surface area contributed by atoms with Crippen molar-refractivity contribution in [3.05, 3.63) is 59.9 Å². The Morgan fingerprint density at radius 2 is 1.73 bits per heavy atom. The Kier molecular flexibility index (Phi) is 4.62. The second kappa shape index (κ2) is 7.21. The first kappa shape index (κ1) is 16.7. The van der Waals surface area contributed by atoms with Gasteiger partial charge in [-0.3, -0.25) is 9.88 Å². The van der Waals surface area contributed by atoms with Crippen LogP contribution in [-0.4, -0.2) is 55.8 Å². The highest BCUT2D eigenvalue weighted by Crippen LogP contribution is 2.18. The maximum absolute atomic E-state index is 4.52. The van der Waals surface area contributed by atoms with E-state index >= 15 is 0 Å². The Labute approximate surface area is 153 Å². The van der Waals surface area contributed by atoms with Crippen molar-refractivity contribution < 1.29 is 0 Å². The Bertz CT molecular complexity index is 867. The smallest absolute Gasteiger partial charge is 0.159 e. The van der Waals surface area contributed by atoms with E-state index in [1.54, 1.807) is 6.33 Å². The highest BCUT2D eigenvalue weighted by atomic mass is 15.3.